The predicted octanol–water partition coefficient (Wildman–Crippen LogP) is 8.65. The summed E-state index contributed by atoms with van der Waals surface area (Å²) < 4.78 is 84.4. The van der Waals surface area contributed by atoms with Crippen LogP contribution in [0.3, 0.4) is 0 Å². The van der Waals surface area contributed by atoms with Crippen molar-refractivity contribution in [1.29, 1.82) is 0 Å². The number of fused-ring (bicyclic) bond motifs is 4. The Hall–Kier alpha value is -8.36. The molecule has 0 N–H and O–H groups in total. The van der Waals surface area contributed by atoms with Crippen LogP contribution in [0.5, 0.6) is 0 Å². The van der Waals surface area contributed by atoms with Gasteiger partial charge >= 0.3 is 0 Å². The van der Waals surface area contributed by atoms with Crippen LogP contribution in [0.4, 0.5) is 29.2 Å². The van der Waals surface area contributed by atoms with Gasteiger partial charge in [-0.1, -0.05) is 36.4 Å². The number of nitrogens with zero attached hydrogens (tertiary/aromatic N) is 10. The minimum Gasteiger partial charge on any atom is -0.458 e. The van der Waals surface area contributed by atoms with Crippen molar-refractivity contribution < 1.29 is 35.9 Å². The van der Waals surface area contributed by atoms with Crippen molar-refractivity contribution in [3.63, 3.8) is 0 Å². The molecule has 0 spiro atoms. The van der Waals surface area contributed by atoms with Gasteiger partial charge in [0.2, 0.25) is 10.9 Å². The summed E-state index contributed by atoms with van der Waals surface area (Å²) in [6, 6.07) is 18.5. The van der Waals surface area contributed by atoms with Crippen LogP contribution in [0.25, 0.3) is 66.5 Å². The van der Waals surface area contributed by atoms with E-state index >= 15 is 0 Å². The number of ether oxygens (including phenoxy) is 2. The number of aromatic nitrogens is 8. The van der Waals surface area contributed by atoms with E-state index in [4.69, 9.17) is 18.3 Å². The first-order valence-corrected chi connectivity index (χ1v) is 23.1. The largest absolute Gasteiger partial charge is 0.458 e. The van der Waals surface area contributed by atoms with Gasteiger partial charge in [-0.2, -0.15) is 0 Å². The molecular weight excluding hydrogens is 937 g/mol. The lowest BCUT2D eigenvalue weighted by Gasteiger charge is -2.27. The Bertz CT molecular complexity index is 3570. The molecule has 0 amide bonds. The summed E-state index contributed by atoms with van der Waals surface area (Å²) in [5.41, 5.74) is 2.13. The van der Waals surface area contributed by atoms with E-state index in [1.165, 1.54) is 85.5 Å². The summed E-state index contributed by atoms with van der Waals surface area (Å²) in [4.78, 5) is 58.3. The number of rotatable bonds is 8. The van der Waals surface area contributed by atoms with Gasteiger partial charge in [0.1, 0.15) is 69.4 Å². The van der Waals surface area contributed by atoms with E-state index < -0.39 is 46.2 Å². The molecule has 0 bridgehead atoms. The minimum atomic E-state index is -0.700. The fraction of sp³-hybridized carbons (Fsp3) is 0.231. The predicted molar refractivity (Wildman–Crippen MR) is 260 cm³/mol. The molecule has 2 aliphatic rings. The van der Waals surface area contributed by atoms with E-state index in [0.717, 1.165) is 0 Å². The van der Waals surface area contributed by atoms with Crippen LogP contribution in [0.15, 0.2) is 129 Å². The van der Waals surface area contributed by atoms with Gasteiger partial charge in [0.05, 0.1) is 62.3 Å². The fourth-order valence-corrected chi connectivity index (χ4v) is 9.37. The van der Waals surface area contributed by atoms with Gasteiger partial charge < -0.3 is 37.2 Å². The first-order chi connectivity index (χ1) is 35.0. The Morgan fingerprint density at radius 2 is 0.917 bits per heavy atom. The van der Waals surface area contributed by atoms with Gasteiger partial charge in [-0.05, 0) is 73.5 Å². The molecule has 8 heterocycles. The molecule has 12 rings (SSSR count). The topological polar surface area (TPSA) is 173 Å². The molecule has 2 atom stereocenters. The third kappa shape index (κ3) is 8.26. The minimum absolute atomic E-state index is 0.0870. The highest BCUT2D eigenvalue weighted by molar-refractivity contribution is 5.87. The summed E-state index contributed by atoms with van der Waals surface area (Å²) in [5, 5.41) is -0.361. The second-order valence-corrected chi connectivity index (χ2v) is 17.2. The molecule has 2 saturated heterocycles. The van der Waals surface area contributed by atoms with Crippen LogP contribution in [-0.4, -0.2) is 91.6 Å². The highest BCUT2D eigenvalue weighted by Gasteiger charge is 2.29. The summed E-state index contributed by atoms with van der Waals surface area (Å²) in [6.45, 7) is 8.76. The first kappa shape index (κ1) is 46.0. The fourth-order valence-electron chi connectivity index (χ4n) is 9.37. The molecule has 6 aromatic heterocycles. The zero-order valence-electron chi connectivity index (χ0n) is 38.6. The Kier molecular flexibility index (Phi) is 12.2. The maximum atomic E-state index is 14.7. The standard InChI is InChI=1S/2C26H21F2N5O3/c2*1-15(33-14-31-22-25(29-13-30-26(22)33)32-8-10-35-11-9-32)24-20(16-4-2-5-17(27)12-16)23(34)21-18(28)6-3-7-19(21)36-24/h2*2-7,12-15H,8-11H2,1H3. The van der Waals surface area contributed by atoms with Crippen molar-refractivity contribution in [3.8, 4) is 22.3 Å². The van der Waals surface area contributed by atoms with Gasteiger partial charge in [0.15, 0.2) is 34.0 Å². The Morgan fingerprint density at radius 1 is 0.514 bits per heavy atom. The van der Waals surface area contributed by atoms with Crippen molar-refractivity contribution in [2.24, 2.45) is 0 Å². The van der Waals surface area contributed by atoms with Crippen molar-refractivity contribution in [3.05, 3.63) is 165 Å². The van der Waals surface area contributed by atoms with Gasteiger partial charge in [-0.15, -0.1) is 0 Å². The molecular formula is C52H42F4N10O6. The highest BCUT2D eigenvalue weighted by atomic mass is 19.1. The number of imidazole rings is 2. The summed E-state index contributed by atoms with van der Waals surface area (Å²) in [6.07, 6.45) is 6.16. The monoisotopic (exact) mass is 978 g/mol. The number of anilines is 2. The zero-order valence-corrected chi connectivity index (χ0v) is 38.6. The lowest BCUT2D eigenvalue weighted by molar-refractivity contribution is 0.122. The molecule has 364 valence electrons. The van der Waals surface area contributed by atoms with Gasteiger partial charge in [-0.25, -0.2) is 47.5 Å². The maximum Gasteiger partial charge on any atom is 0.203 e. The molecule has 0 radical (unpaired) electrons. The second kappa shape index (κ2) is 19.1. The SMILES string of the molecule is CC(c1oc2cccc(F)c2c(=O)c1-c1cccc(F)c1)n1cnc2c(N3CCOCC3)ncnc21.CC(c1oc2cccc(F)c2c(=O)c1-c1cccc(F)c1)n1cnc2c(N3CCOCC3)ncnc21. The average molecular weight is 979 g/mol. The number of morpholine rings is 2. The van der Waals surface area contributed by atoms with Gasteiger partial charge in [0, 0.05) is 26.2 Å². The van der Waals surface area contributed by atoms with E-state index in [1.807, 2.05) is 13.8 Å². The summed E-state index contributed by atoms with van der Waals surface area (Å²) >= 11 is 0. The molecule has 0 aliphatic carbocycles. The van der Waals surface area contributed by atoms with Gasteiger partial charge in [-0.3, -0.25) is 9.59 Å². The molecule has 4 aromatic carbocycles. The van der Waals surface area contributed by atoms with Crippen molar-refractivity contribution >= 4 is 55.9 Å². The van der Waals surface area contributed by atoms with Crippen LogP contribution in [0, 0.1) is 23.3 Å². The average Bonchev–Trinajstić information content (AvgIpc) is 4.04. The molecule has 2 fully saturated rings. The third-order valence-electron chi connectivity index (χ3n) is 12.9. The molecule has 0 saturated carbocycles. The van der Waals surface area contributed by atoms with Crippen LogP contribution < -0.4 is 20.7 Å². The van der Waals surface area contributed by atoms with E-state index in [0.29, 0.717) is 97.7 Å². The molecule has 16 nitrogen and oxygen atoms in total. The summed E-state index contributed by atoms with van der Waals surface area (Å²) in [7, 11) is 0. The van der Waals surface area contributed by atoms with Crippen LogP contribution in [0.2, 0.25) is 0 Å². The molecule has 20 heteroatoms. The smallest absolute Gasteiger partial charge is 0.203 e. The van der Waals surface area contributed by atoms with Crippen molar-refractivity contribution in [1.82, 2.24) is 39.0 Å². The van der Waals surface area contributed by atoms with Crippen LogP contribution >= 0.6 is 0 Å². The van der Waals surface area contributed by atoms with E-state index in [2.05, 4.69) is 39.7 Å². The molecule has 2 unspecified atom stereocenters. The number of hydrogen-bond acceptors (Lipinski definition) is 14. The van der Waals surface area contributed by atoms with Crippen LogP contribution in [0.1, 0.15) is 37.5 Å². The Labute approximate surface area is 405 Å². The maximum absolute atomic E-state index is 14.7. The number of benzene rings is 4. The Morgan fingerprint density at radius 3 is 1.32 bits per heavy atom. The number of hydrogen-bond donors (Lipinski definition) is 0. The number of halogens is 4. The normalized spacial score (nSPS) is 15.0. The summed E-state index contributed by atoms with van der Waals surface area (Å²) in [5.74, 6) is -0.555. The van der Waals surface area contributed by atoms with Crippen molar-refractivity contribution in [2.75, 3.05) is 62.4 Å². The second-order valence-electron chi connectivity index (χ2n) is 17.2. The van der Waals surface area contributed by atoms with E-state index in [1.54, 1.807) is 33.9 Å². The van der Waals surface area contributed by atoms with Gasteiger partial charge in [0.25, 0.3) is 0 Å². The lowest BCUT2D eigenvalue weighted by atomic mass is 9.99. The highest BCUT2D eigenvalue weighted by Crippen LogP contribution is 2.36. The quantitative estimate of drug-likeness (QED) is 0.132. The van der Waals surface area contributed by atoms with E-state index in [9.17, 15) is 27.2 Å². The zero-order chi connectivity index (χ0) is 49.6. The Balaban J connectivity index is 0.000000156. The van der Waals surface area contributed by atoms with Crippen LogP contribution in [-0.2, 0) is 9.47 Å². The molecule has 10 aromatic rings. The lowest BCUT2D eigenvalue weighted by Crippen LogP contribution is -2.37. The van der Waals surface area contributed by atoms with E-state index in [-0.39, 0.29) is 44.6 Å². The van der Waals surface area contributed by atoms with Crippen molar-refractivity contribution in [2.45, 2.75) is 25.9 Å². The first-order valence-electron chi connectivity index (χ1n) is 23.1. The molecule has 72 heavy (non-hydrogen) atoms. The third-order valence-corrected chi connectivity index (χ3v) is 12.9. The molecule has 2 aliphatic heterocycles.